The second-order valence-electron chi connectivity index (χ2n) is 5.74. The van der Waals surface area contributed by atoms with Crippen LogP contribution in [0.25, 0.3) is 0 Å². The van der Waals surface area contributed by atoms with E-state index in [-0.39, 0.29) is 0 Å². The first-order chi connectivity index (χ1) is 8.81. The third-order valence-corrected chi connectivity index (χ3v) is 4.03. The summed E-state index contributed by atoms with van der Waals surface area (Å²) >= 11 is 0. The van der Waals surface area contributed by atoms with Crippen molar-refractivity contribution in [3.8, 4) is 0 Å². The third kappa shape index (κ3) is 3.09. The number of aryl methyl sites for hydroxylation is 1. The number of nitrogens with zero attached hydrogens (tertiary/aromatic N) is 4. The molecule has 0 amide bonds. The van der Waals surface area contributed by atoms with Crippen molar-refractivity contribution >= 4 is 0 Å². The predicted octanol–water partition coefficient (Wildman–Crippen LogP) is 0.779. The summed E-state index contributed by atoms with van der Waals surface area (Å²) in [7, 11) is 1.94. The maximum atomic E-state index is 4.22. The molecule has 5 nitrogen and oxygen atoms in total. The molecule has 0 spiro atoms. The van der Waals surface area contributed by atoms with Gasteiger partial charge in [-0.15, -0.1) is 5.10 Å². The summed E-state index contributed by atoms with van der Waals surface area (Å²) < 4.78 is 1.80. The Morgan fingerprint density at radius 2 is 2.11 bits per heavy atom. The van der Waals surface area contributed by atoms with Crippen LogP contribution in [0.5, 0.6) is 0 Å². The maximum Gasteiger partial charge on any atom is 0.0967 e. The molecular formula is C13H23N5. The smallest absolute Gasteiger partial charge is 0.0967 e. The molecule has 5 heteroatoms. The quantitative estimate of drug-likeness (QED) is 0.837. The minimum atomic E-state index is 0.807. The lowest BCUT2D eigenvalue weighted by Gasteiger charge is -2.29. The van der Waals surface area contributed by atoms with Crippen molar-refractivity contribution in [2.75, 3.05) is 19.6 Å². The summed E-state index contributed by atoms with van der Waals surface area (Å²) in [5.41, 5.74) is 1.11. The number of aromatic nitrogens is 3. The van der Waals surface area contributed by atoms with Crippen LogP contribution in [-0.2, 0) is 13.6 Å². The summed E-state index contributed by atoms with van der Waals surface area (Å²) in [6, 6.07) is 0.807. The predicted molar refractivity (Wildman–Crippen MR) is 70.0 cm³/mol. The Labute approximate surface area is 109 Å². The molecule has 1 N–H and O–H groups in total. The van der Waals surface area contributed by atoms with Crippen molar-refractivity contribution in [3.05, 3.63) is 11.9 Å². The van der Waals surface area contributed by atoms with Gasteiger partial charge in [0.2, 0.25) is 0 Å². The molecule has 2 aliphatic rings. The standard InChI is InChI=1S/C13H23N5/c1-17-9-12(15-16-17)10-18(13-2-3-13)8-11-4-6-14-7-5-11/h9,11,13-14H,2-8,10H2,1H3. The summed E-state index contributed by atoms with van der Waals surface area (Å²) in [5, 5.41) is 11.7. The topological polar surface area (TPSA) is 46.0 Å². The van der Waals surface area contributed by atoms with Crippen molar-refractivity contribution < 1.29 is 0 Å². The molecule has 2 fully saturated rings. The maximum absolute atomic E-state index is 4.22. The molecule has 1 aromatic heterocycles. The van der Waals surface area contributed by atoms with Crippen LogP contribution in [0.4, 0.5) is 0 Å². The van der Waals surface area contributed by atoms with E-state index in [9.17, 15) is 0 Å². The first-order valence-corrected chi connectivity index (χ1v) is 7.11. The van der Waals surface area contributed by atoms with Crippen LogP contribution in [-0.4, -0.2) is 45.6 Å². The monoisotopic (exact) mass is 249 g/mol. The SMILES string of the molecule is Cn1cc(CN(CC2CCNCC2)C2CC2)nn1. The largest absolute Gasteiger partial charge is 0.317 e. The highest BCUT2D eigenvalue weighted by Gasteiger charge is 2.31. The lowest BCUT2D eigenvalue weighted by molar-refractivity contribution is 0.188. The van der Waals surface area contributed by atoms with E-state index in [0.29, 0.717) is 0 Å². The molecule has 2 heterocycles. The second-order valence-corrected chi connectivity index (χ2v) is 5.74. The van der Waals surface area contributed by atoms with E-state index in [0.717, 1.165) is 24.2 Å². The third-order valence-electron chi connectivity index (χ3n) is 4.03. The first kappa shape index (κ1) is 12.1. The summed E-state index contributed by atoms with van der Waals surface area (Å²) in [4.78, 5) is 2.62. The summed E-state index contributed by atoms with van der Waals surface area (Å²) in [5.74, 6) is 0.864. The van der Waals surface area contributed by atoms with E-state index in [4.69, 9.17) is 0 Å². The van der Waals surface area contributed by atoms with Crippen LogP contribution in [0.2, 0.25) is 0 Å². The Balaban J connectivity index is 1.57. The highest BCUT2D eigenvalue weighted by atomic mass is 15.4. The lowest BCUT2D eigenvalue weighted by atomic mass is 9.97. The van der Waals surface area contributed by atoms with Crippen LogP contribution in [0.15, 0.2) is 6.20 Å². The minimum Gasteiger partial charge on any atom is -0.317 e. The van der Waals surface area contributed by atoms with Crippen LogP contribution in [0.3, 0.4) is 0 Å². The van der Waals surface area contributed by atoms with Gasteiger partial charge in [0, 0.05) is 32.4 Å². The van der Waals surface area contributed by atoms with Crippen molar-refractivity contribution in [1.29, 1.82) is 0 Å². The molecule has 0 radical (unpaired) electrons. The molecular weight excluding hydrogens is 226 g/mol. The van der Waals surface area contributed by atoms with E-state index < -0.39 is 0 Å². The molecule has 1 aliphatic heterocycles. The van der Waals surface area contributed by atoms with Crippen LogP contribution < -0.4 is 5.32 Å². The molecule has 100 valence electrons. The van der Waals surface area contributed by atoms with Gasteiger partial charge in [0.15, 0.2) is 0 Å². The van der Waals surface area contributed by atoms with Gasteiger partial charge >= 0.3 is 0 Å². The molecule has 1 aliphatic carbocycles. The first-order valence-electron chi connectivity index (χ1n) is 7.11. The number of hydrogen-bond acceptors (Lipinski definition) is 4. The van der Waals surface area contributed by atoms with Gasteiger partial charge in [-0.2, -0.15) is 0 Å². The summed E-state index contributed by atoms with van der Waals surface area (Å²) in [6.07, 6.45) is 7.42. The van der Waals surface area contributed by atoms with E-state index in [2.05, 4.69) is 20.5 Å². The van der Waals surface area contributed by atoms with E-state index in [1.165, 1.54) is 45.3 Å². The Kier molecular flexibility index (Phi) is 3.61. The number of piperidine rings is 1. The molecule has 0 bridgehead atoms. The Morgan fingerprint density at radius 1 is 1.33 bits per heavy atom. The van der Waals surface area contributed by atoms with E-state index in [1.807, 2.05) is 13.2 Å². The van der Waals surface area contributed by atoms with Gasteiger partial charge in [-0.3, -0.25) is 9.58 Å². The zero-order valence-electron chi connectivity index (χ0n) is 11.2. The average Bonchev–Trinajstić information content (AvgIpc) is 3.15. The highest BCUT2D eigenvalue weighted by molar-refractivity contribution is 4.96. The zero-order valence-corrected chi connectivity index (χ0v) is 11.2. The molecule has 3 rings (SSSR count). The van der Waals surface area contributed by atoms with Crippen molar-refractivity contribution in [2.24, 2.45) is 13.0 Å². The van der Waals surface area contributed by atoms with E-state index >= 15 is 0 Å². The van der Waals surface area contributed by atoms with Gasteiger partial charge < -0.3 is 5.32 Å². The number of hydrogen-bond donors (Lipinski definition) is 1. The fourth-order valence-corrected chi connectivity index (χ4v) is 2.85. The fraction of sp³-hybridized carbons (Fsp3) is 0.846. The number of rotatable bonds is 5. The van der Waals surface area contributed by atoms with Gasteiger partial charge in [0.05, 0.1) is 5.69 Å². The van der Waals surface area contributed by atoms with Crippen LogP contribution in [0, 0.1) is 5.92 Å². The van der Waals surface area contributed by atoms with E-state index in [1.54, 1.807) is 4.68 Å². The Morgan fingerprint density at radius 3 is 2.72 bits per heavy atom. The second kappa shape index (κ2) is 5.36. The lowest BCUT2D eigenvalue weighted by Crippen LogP contribution is -2.37. The molecule has 0 unspecified atom stereocenters. The summed E-state index contributed by atoms with van der Waals surface area (Å²) in [6.45, 7) is 4.59. The van der Waals surface area contributed by atoms with Crippen molar-refractivity contribution in [3.63, 3.8) is 0 Å². The van der Waals surface area contributed by atoms with Gasteiger partial charge in [0.1, 0.15) is 0 Å². The fourth-order valence-electron chi connectivity index (χ4n) is 2.85. The minimum absolute atomic E-state index is 0.807. The van der Waals surface area contributed by atoms with Crippen LogP contribution in [0.1, 0.15) is 31.4 Å². The van der Waals surface area contributed by atoms with Crippen molar-refractivity contribution in [2.45, 2.75) is 38.3 Å². The average molecular weight is 249 g/mol. The van der Waals surface area contributed by atoms with Crippen molar-refractivity contribution in [1.82, 2.24) is 25.2 Å². The Hall–Kier alpha value is -0.940. The Bertz CT molecular complexity index is 378. The highest BCUT2D eigenvalue weighted by Crippen LogP contribution is 2.30. The van der Waals surface area contributed by atoms with Gasteiger partial charge in [-0.1, -0.05) is 5.21 Å². The van der Waals surface area contributed by atoms with Gasteiger partial charge in [-0.25, -0.2) is 0 Å². The molecule has 0 atom stereocenters. The van der Waals surface area contributed by atoms with Crippen LogP contribution >= 0.6 is 0 Å². The molecule has 18 heavy (non-hydrogen) atoms. The molecule has 1 aromatic rings. The number of nitrogens with one attached hydrogen (secondary N) is 1. The normalized spacial score (nSPS) is 21.7. The molecule has 1 saturated heterocycles. The van der Waals surface area contributed by atoms with Gasteiger partial charge in [0.25, 0.3) is 0 Å². The zero-order chi connectivity index (χ0) is 12.4. The van der Waals surface area contributed by atoms with Gasteiger partial charge in [-0.05, 0) is 44.7 Å². The molecule has 0 aromatic carbocycles. The molecule has 1 saturated carbocycles.